The van der Waals surface area contributed by atoms with Crippen molar-refractivity contribution in [2.75, 3.05) is 13.1 Å². The molecule has 0 fully saturated rings. The summed E-state index contributed by atoms with van der Waals surface area (Å²) in [6, 6.07) is 6.33. The second kappa shape index (κ2) is 4.85. The number of nitrogens with two attached hydrogens (primary N) is 1. The van der Waals surface area contributed by atoms with Gasteiger partial charge in [0.05, 0.1) is 17.4 Å². The Kier molecular flexibility index (Phi) is 3.45. The second-order valence-corrected chi connectivity index (χ2v) is 5.02. The molecule has 4 nitrogen and oxygen atoms in total. The summed E-state index contributed by atoms with van der Waals surface area (Å²) in [7, 11) is 0. The van der Waals surface area contributed by atoms with Crippen molar-refractivity contribution in [3.05, 3.63) is 30.1 Å². The van der Waals surface area contributed by atoms with Crippen LogP contribution in [0.15, 0.2) is 24.5 Å². The van der Waals surface area contributed by atoms with Gasteiger partial charge in [-0.1, -0.05) is 6.07 Å². The maximum atomic E-state index is 5.67. The van der Waals surface area contributed by atoms with Gasteiger partial charge in [0.2, 0.25) is 0 Å². The van der Waals surface area contributed by atoms with E-state index in [-0.39, 0.29) is 5.54 Å². The molecule has 0 aliphatic heterocycles. The van der Waals surface area contributed by atoms with E-state index < -0.39 is 0 Å². The molecule has 0 radical (unpaired) electrons. The summed E-state index contributed by atoms with van der Waals surface area (Å²) in [6.45, 7) is 5.81. The summed E-state index contributed by atoms with van der Waals surface area (Å²) >= 11 is 0. The molecule has 0 atom stereocenters. The van der Waals surface area contributed by atoms with E-state index in [1.807, 2.05) is 0 Å². The lowest BCUT2D eigenvalue weighted by Gasteiger charge is -2.24. The number of aromatic amines is 1. The highest BCUT2D eigenvalue weighted by Crippen LogP contribution is 2.12. The SMILES string of the molecule is CC(C)(CN)NCCc1ccc2nc[nH]c2c1. The summed E-state index contributed by atoms with van der Waals surface area (Å²) in [5, 5.41) is 3.45. The van der Waals surface area contributed by atoms with Gasteiger partial charge >= 0.3 is 0 Å². The Hall–Kier alpha value is -1.39. The van der Waals surface area contributed by atoms with Crippen LogP contribution in [0, 0.1) is 0 Å². The number of aromatic nitrogens is 2. The van der Waals surface area contributed by atoms with Gasteiger partial charge in [0.25, 0.3) is 0 Å². The standard InChI is InChI=1S/C13H20N4/c1-13(2,8-14)17-6-5-10-3-4-11-12(7-10)16-9-15-11/h3-4,7,9,17H,5-6,8,14H2,1-2H3,(H,15,16). The van der Waals surface area contributed by atoms with E-state index in [2.05, 4.69) is 47.3 Å². The predicted octanol–water partition coefficient (Wildman–Crippen LogP) is 1.43. The molecule has 4 heteroatoms. The van der Waals surface area contributed by atoms with Crippen molar-refractivity contribution < 1.29 is 0 Å². The van der Waals surface area contributed by atoms with E-state index in [0.29, 0.717) is 6.54 Å². The highest BCUT2D eigenvalue weighted by atomic mass is 15.0. The maximum Gasteiger partial charge on any atom is 0.0931 e. The third-order valence-corrected chi connectivity index (χ3v) is 3.01. The molecule has 1 heterocycles. The Morgan fingerprint density at radius 3 is 3.00 bits per heavy atom. The van der Waals surface area contributed by atoms with E-state index >= 15 is 0 Å². The third kappa shape index (κ3) is 3.05. The molecule has 4 N–H and O–H groups in total. The molecule has 0 bridgehead atoms. The largest absolute Gasteiger partial charge is 0.345 e. The van der Waals surface area contributed by atoms with Gasteiger partial charge in [-0.15, -0.1) is 0 Å². The molecule has 17 heavy (non-hydrogen) atoms. The van der Waals surface area contributed by atoms with Crippen LogP contribution in [0.2, 0.25) is 0 Å². The molecule has 0 spiro atoms. The van der Waals surface area contributed by atoms with Crippen molar-refractivity contribution >= 4 is 11.0 Å². The quantitative estimate of drug-likeness (QED) is 0.730. The zero-order valence-electron chi connectivity index (χ0n) is 10.5. The second-order valence-electron chi connectivity index (χ2n) is 5.02. The number of nitrogens with one attached hydrogen (secondary N) is 2. The van der Waals surface area contributed by atoms with Crippen LogP contribution in [0.4, 0.5) is 0 Å². The Bertz CT molecular complexity index is 487. The number of nitrogens with zero attached hydrogens (tertiary/aromatic N) is 1. The van der Waals surface area contributed by atoms with E-state index in [1.54, 1.807) is 6.33 Å². The van der Waals surface area contributed by atoms with Crippen LogP contribution in [0.3, 0.4) is 0 Å². The topological polar surface area (TPSA) is 66.7 Å². The first-order chi connectivity index (χ1) is 8.11. The minimum atomic E-state index is 0.0120. The number of fused-ring (bicyclic) bond motifs is 1. The Morgan fingerprint density at radius 2 is 2.24 bits per heavy atom. The third-order valence-electron chi connectivity index (χ3n) is 3.01. The number of imidazole rings is 1. The summed E-state index contributed by atoms with van der Waals surface area (Å²) < 4.78 is 0. The van der Waals surface area contributed by atoms with Gasteiger partial charge in [0.15, 0.2) is 0 Å². The van der Waals surface area contributed by atoms with Gasteiger partial charge in [0.1, 0.15) is 0 Å². The van der Waals surface area contributed by atoms with Crippen molar-refractivity contribution in [2.24, 2.45) is 5.73 Å². The van der Waals surface area contributed by atoms with Crippen LogP contribution in [0.5, 0.6) is 0 Å². The van der Waals surface area contributed by atoms with Gasteiger partial charge in [-0.3, -0.25) is 0 Å². The smallest absolute Gasteiger partial charge is 0.0931 e. The normalized spacial score (nSPS) is 12.2. The van der Waals surface area contributed by atoms with Gasteiger partial charge in [-0.05, 0) is 44.5 Å². The number of hydrogen-bond acceptors (Lipinski definition) is 3. The van der Waals surface area contributed by atoms with E-state index in [9.17, 15) is 0 Å². The average molecular weight is 232 g/mol. The number of rotatable bonds is 5. The molecule has 92 valence electrons. The molecule has 0 saturated heterocycles. The van der Waals surface area contributed by atoms with Crippen LogP contribution >= 0.6 is 0 Å². The van der Waals surface area contributed by atoms with Gasteiger partial charge in [0, 0.05) is 12.1 Å². The zero-order valence-corrected chi connectivity index (χ0v) is 10.5. The number of hydrogen-bond donors (Lipinski definition) is 3. The fourth-order valence-electron chi connectivity index (χ4n) is 1.76. The Balaban J connectivity index is 1.95. The number of benzene rings is 1. The van der Waals surface area contributed by atoms with Crippen LogP contribution in [-0.4, -0.2) is 28.6 Å². The van der Waals surface area contributed by atoms with Gasteiger partial charge in [-0.2, -0.15) is 0 Å². The maximum absolute atomic E-state index is 5.67. The molecule has 0 unspecified atom stereocenters. The zero-order chi connectivity index (χ0) is 12.3. The summed E-state index contributed by atoms with van der Waals surface area (Å²) in [5.74, 6) is 0. The fraction of sp³-hybridized carbons (Fsp3) is 0.462. The van der Waals surface area contributed by atoms with Crippen LogP contribution in [-0.2, 0) is 6.42 Å². The average Bonchev–Trinajstić information content (AvgIpc) is 2.76. The minimum Gasteiger partial charge on any atom is -0.345 e. The monoisotopic (exact) mass is 232 g/mol. The highest BCUT2D eigenvalue weighted by Gasteiger charge is 2.13. The minimum absolute atomic E-state index is 0.0120. The summed E-state index contributed by atoms with van der Waals surface area (Å²) in [6.07, 6.45) is 2.72. The molecule has 1 aromatic carbocycles. The first-order valence-corrected chi connectivity index (χ1v) is 5.98. The molecule has 0 amide bonds. The molecule has 0 aliphatic rings. The summed E-state index contributed by atoms with van der Waals surface area (Å²) in [4.78, 5) is 7.33. The van der Waals surface area contributed by atoms with E-state index in [1.165, 1.54) is 5.56 Å². The van der Waals surface area contributed by atoms with Crippen LogP contribution in [0.25, 0.3) is 11.0 Å². The molecule has 1 aromatic heterocycles. The first kappa shape index (κ1) is 12.1. The Morgan fingerprint density at radius 1 is 1.41 bits per heavy atom. The van der Waals surface area contributed by atoms with Crippen molar-refractivity contribution in [3.63, 3.8) is 0 Å². The molecule has 0 aliphatic carbocycles. The first-order valence-electron chi connectivity index (χ1n) is 5.98. The van der Waals surface area contributed by atoms with Crippen molar-refractivity contribution in [3.8, 4) is 0 Å². The molecular weight excluding hydrogens is 212 g/mol. The molecule has 2 rings (SSSR count). The highest BCUT2D eigenvalue weighted by molar-refractivity contribution is 5.75. The fourth-order valence-corrected chi connectivity index (χ4v) is 1.76. The lowest BCUT2D eigenvalue weighted by atomic mass is 10.1. The van der Waals surface area contributed by atoms with Crippen molar-refractivity contribution in [2.45, 2.75) is 25.8 Å². The van der Waals surface area contributed by atoms with Crippen molar-refractivity contribution in [1.82, 2.24) is 15.3 Å². The van der Waals surface area contributed by atoms with E-state index in [4.69, 9.17) is 5.73 Å². The van der Waals surface area contributed by atoms with Crippen LogP contribution in [0.1, 0.15) is 19.4 Å². The lowest BCUT2D eigenvalue weighted by molar-refractivity contribution is 0.402. The molecule has 2 aromatic rings. The van der Waals surface area contributed by atoms with Crippen LogP contribution < -0.4 is 11.1 Å². The van der Waals surface area contributed by atoms with E-state index in [0.717, 1.165) is 24.0 Å². The van der Waals surface area contributed by atoms with Gasteiger partial charge in [-0.25, -0.2) is 4.98 Å². The van der Waals surface area contributed by atoms with Crippen molar-refractivity contribution in [1.29, 1.82) is 0 Å². The number of H-pyrrole nitrogens is 1. The molecule has 0 saturated carbocycles. The molecular formula is C13H20N4. The predicted molar refractivity (Wildman–Crippen MR) is 70.9 cm³/mol. The lowest BCUT2D eigenvalue weighted by Crippen LogP contribution is -2.46. The summed E-state index contributed by atoms with van der Waals surface area (Å²) in [5.41, 5.74) is 9.11. The van der Waals surface area contributed by atoms with Gasteiger partial charge < -0.3 is 16.0 Å². The Labute approximate surface area is 102 Å².